The SMILES string of the molecule is COC(=O)C1CN(C(=O)OC(C)(C)C)CCN1c1cc2c(cc1[N+](=O)[O-])C(=O)OC2. The van der Waals surface area contributed by atoms with E-state index in [1.54, 1.807) is 20.8 Å². The van der Waals surface area contributed by atoms with E-state index in [1.807, 2.05) is 0 Å². The fourth-order valence-electron chi connectivity index (χ4n) is 3.43. The van der Waals surface area contributed by atoms with Gasteiger partial charge in [0, 0.05) is 24.7 Å². The van der Waals surface area contributed by atoms with Crippen LogP contribution in [-0.4, -0.2) is 66.2 Å². The van der Waals surface area contributed by atoms with Crippen molar-refractivity contribution < 1.29 is 33.5 Å². The van der Waals surface area contributed by atoms with Gasteiger partial charge in [0.1, 0.15) is 23.9 Å². The summed E-state index contributed by atoms with van der Waals surface area (Å²) < 4.78 is 15.2. The minimum atomic E-state index is -0.981. The number of esters is 2. The number of anilines is 1. The van der Waals surface area contributed by atoms with Crippen molar-refractivity contribution in [1.29, 1.82) is 0 Å². The van der Waals surface area contributed by atoms with E-state index in [1.165, 1.54) is 23.0 Å². The lowest BCUT2D eigenvalue weighted by Gasteiger charge is -2.41. The number of ether oxygens (including phenoxy) is 3. The van der Waals surface area contributed by atoms with Crippen LogP contribution in [0, 0.1) is 10.1 Å². The molecule has 0 saturated carbocycles. The standard InChI is InChI=1S/C19H23N3O8/c1-19(2,3)30-18(25)20-5-6-21(15(9-20)17(24)28-4)13-7-11-10-29-16(23)12(11)8-14(13)22(26)27/h7-8,15H,5-6,9-10H2,1-4H3. The fraction of sp³-hybridized carbons (Fsp3) is 0.526. The second kappa shape index (κ2) is 7.81. The third kappa shape index (κ3) is 4.14. The molecule has 1 unspecified atom stereocenters. The van der Waals surface area contributed by atoms with Gasteiger partial charge >= 0.3 is 18.0 Å². The van der Waals surface area contributed by atoms with Gasteiger partial charge in [-0.3, -0.25) is 10.1 Å². The second-order valence-corrected chi connectivity index (χ2v) is 7.99. The molecule has 2 aliphatic heterocycles. The highest BCUT2D eigenvalue weighted by molar-refractivity contribution is 5.96. The van der Waals surface area contributed by atoms with Crippen molar-refractivity contribution in [1.82, 2.24) is 4.90 Å². The van der Waals surface area contributed by atoms with Crippen LogP contribution in [0.25, 0.3) is 0 Å². The van der Waals surface area contributed by atoms with Crippen LogP contribution in [0.3, 0.4) is 0 Å². The first-order chi connectivity index (χ1) is 14.0. The van der Waals surface area contributed by atoms with Gasteiger partial charge in [0.15, 0.2) is 0 Å². The smallest absolute Gasteiger partial charge is 0.410 e. The third-order valence-corrected chi connectivity index (χ3v) is 4.79. The largest absolute Gasteiger partial charge is 0.467 e. The molecule has 0 radical (unpaired) electrons. The fourth-order valence-corrected chi connectivity index (χ4v) is 3.43. The molecule has 2 aliphatic rings. The number of hydrogen-bond donors (Lipinski definition) is 0. The number of rotatable bonds is 3. The van der Waals surface area contributed by atoms with E-state index < -0.39 is 34.6 Å². The highest BCUT2D eigenvalue weighted by Gasteiger charge is 2.40. The molecule has 0 bridgehead atoms. The number of hydrogen-bond acceptors (Lipinski definition) is 9. The number of cyclic esters (lactones) is 1. The molecular formula is C19H23N3O8. The number of amides is 1. The average molecular weight is 421 g/mol. The van der Waals surface area contributed by atoms with Gasteiger partial charge in [-0.25, -0.2) is 14.4 Å². The van der Waals surface area contributed by atoms with Crippen molar-refractivity contribution in [3.05, 3.63) is 33.4 Å². The van der Waals surface area contributed by atoms with Crippen LogP contribution in [0.4, 0.5) is 16.2 Å². The summed E-state index contributed by atoms with van der Waals surface area (Å²) in [4.78, 5) is 50.7. The van der Waals surface area contributed by atoms with Crippen molar-refractivity contribution in [3.8, 4) is 0 Å². The number of carbonyl (C=O) groups is 3. The quantitative estimate of drug-likeness (QED) is 0.311. The van der Waals surface area contributed by atoms with E-state index in [4.69, 9.17) is 14.2 Å². The van der Waals surface area contributed by atoms with Crippen molar-refractivity contribution in [2.24, 2.45) is 0 Å². The first-order valence-corrected chi connectivity index (χ1v) is 9.32. The van der Waals surface area contributed by atoms with Crippen LogP contribution in [0.15, 0.2) is 12.1 Å². The number of methoxy groups -OCH3 is 1. The molecule has 1 saturated heterocycles. The lowest BCUT2D eigenvalue weighted by Crippen LogP contribution is -2.59. The van der Waals surface area contributed by atoms with Crippen molar-refractivity contribution >= 4 is 29.4 Å². The van der Waals surface area contributed by atoms with Gasteiger partial charge in [-0.05, 0) is 26.8 Å². The van der Waals surface area contributed by atoms with Gasteiger partial charge in [0.05, 0.1) is 24.1 Å². The number of benzene rings is 1. The lowest BCUT2D eigenvalue weighted by molar-refractivity contribution is -0.384. The topological polar surface area (TPSA) is 129 Å². The molecule has 11 nitrogen and oxygen atoms in total. The van der Waals surface area contributed by atoms with Gasteiger partial charge in [0.2, 0.25) is 0 Å². The number of fused-ring (bicyclic) bond motifs is 1. The van der Waals surface area contributed by atoms with Gasteiger partial charge in [0.25, 0.3) is 5.69 Å². The first kappa shape index (κ1) is 21.3. The summed E-state index contributed by atoms with van der Waals surface area (Å²) in [6.45, 7) is 5.45. The molecule has 1 fully saturated rings. The lowest BCUT2D eigenvalue weighted by atomic mass is 10.0. The van der Waals surface area contributed by atoms with E-state index in [0.717, 1.165) is 6.07 Å². The Bertz CT molecular complexity index is 908. The highest BCUT2D eigenvalue weighted by atomic mass is 16.6. The summed E-state index contributed by atoms with van der Waals surface area (Å²) >= 11 is 0. The minimum Gasteiger partial charge on any atom is -0.467 e. The molecule has 0 spiro atoms. The molecule has 0 aromatic heterocycles. The maximum absolute atomic E-state index is 12.5. The number of nitro groups is 1. The molecule has 2 heterocycles. The van der Waals surface area contributed by atoms with Gasteiger partial charge < -0.3 is 24.0 Å². The van der Waals surface area contributed by atoms with Crippen LogP contribution in [0.5, 0.6) is 0 Å². The zero-order chi connectivity index (χ0) is 22.2. The number of nitro benzene ring substituents is 1. The Kier molecular flexibility index (Phi) is 5.55. The molecule has 1 atom stereocenters. The van der Waals surface area contributed by atoms with E-state index >= 15 is 0 Å². The maximum atomic E-state index is 12.5. The number of piperazine rings is 1. The van der Waals surface area contributed by atoms with Crippen LogP contribution in [-0.2, 0) is 25.6 Å². The predicted molar refractivity (Wildman–Crippen MR) is 103 cm³/mol. The number of nitrogens with zero attached hydrogens (tertiary/aromatic N) is 3. The highest BCUT2D eigenvalue weighted by Crippen LogP contribution is 2.36. The molecule has 162 valence electrons. The molecule has 30 heavy (non-hydrogen) atoms. The first-order valence-electron chi connectivity index (χ1n) is 9.32. The second-order valence-electron chi connectivity index (χ2n) is 7.99. The Labute approximate surface area is 172 Å². The molecule has 1 aromatic rings. The molecular weight excluding hydrogens is 398 g/mol. The van der Waals surface area contributed by atoms with Gasteiger partial charge in [-0.15, -0.1) is 0 Å². The minimum absolute atomic E-state index is 0.0000740. The Morgan fingerprint density at radius 3 is 2.57 bits per heavy atom. The van der Waals surface area contributed by atoms with Crippen LogP contribution in [0.1, 0.15) is 36.7 Å². The normalized spacial score (nSPS) is 18.5. The van der Waals surface area contributed by atoms with Gasteiger partial charge in [-0.2, -0.15) is 0 Å². The van der Waals surface area contributed by atoms with Crippen molar-refractivity contribution in [2.75, 3.05) is 31.6 Å². The Morgan fingerprint density at radius 2 is 1.97 bits per heavy atom. The summed E-state index contributed by atoms with van der Waals surface area (Å²) in [5.41, 5.74) is -0.241. The molecule has 3 rings (SSSR count). The number of carbonyl (C=O) groups excluding carboxylic acids is 3. The van der Waals surface area contributed by atoms with E-state index in [9.17, 15) is 24.5 Å². The Balaban J connectivity index is 1.96. The van der Waals surface area contributed by atoms with E-state index in [0.29, 0.717) is 5.56 Å². The van der Waals surface area contributed by atoms with Crippen molar-refractivity contribution in [2.45, 2.75) is 39.0 Å². The van der Waals surface area contributed by atoms with Gasteiger partial charge in [-0.1, -0.05) is 0 Å². The molecule has 0 aliphatic carbocycles. The summed E-state index contributed by atoms with van der Waals surface area (Å²) in [5, 5.41) is 11.7. The van der Waals surface area contributed by atoms with E-state index in [-0.39, 0.29) is 43.2 Å². The van der Waals surface area contributed by atoms with Crippen LogP contribution >= 0.6 is 0 Å². The van der Waals surface area contributed by atoms with Crippen molar-refractivity contribution in [3.63, 3.8) is 0 Å². The Hall–Kier alpha value is -3.37. The predicted octanol–water partition coefficient (Wildman–Crippen LogP) is 1.86. The van der Waals surface area contributed by atoms with E-state index in [2.05, 4.69) is 0 Å². The van der Waals surface area contributed by atoms with Crippen LogP contribution in [0.2, 0.25) is 0 Å². The zero-order valence-electron chi connectivity index (χ0n) is 17.2. The molecule has 0 N–H and O–H groups in total. The van der Waals surface area contributed by atoms with Crippen LogP contribution < -0.4 is 4.90 Å². The molecule has 11 heteroatoms. The third-order valence-electron chi connectivity index (χ3n) is 4.79. The summed E-state index contributed by atoms with van der Waals surface area (Å²) in [7, 11) is 1.20. The summed E-state index contributed by atoms with van der Waals surface area (Å²) in [5.74, 6) is -1.27. The Morgan fingerprint density at radius 1 is 1.27 bits per heavy atom. The monoisotopic (exact) mass is 421 g/mol. The summed E-state index contributed by atoms with van der Waals surface area (Å²) in [6.07, 6.45) is -0.585. The molecule has 1 aromatic carbocycles. The maximum Gasteiger partial charge on any atom is 0.410 e. The average Bonchev–Trinajstić information content (AvgIpc) is 3.04. The summed E-state index contributed by atoms with van der Waals surface area (Å²) in [6, 6.07) is 1.66. The zero-order valence-corrected chi connectivity index (χ0v) is 17.2. The molecule has 1 amide bonds.